The van der Waals surface area contributed by atoms with Gasteiger partial charge in [-0.05, 0) is 6.92 Å². The standard InChI is InChI=1S/C11H14N4O/c1-9(16)10-7-13-15(8-10)5-3-11-12-4-6-14(11)2/h4,6-8H,3,5H2,1-2H3. The van der Waals surface area contributed by atoms with Gasteiger partial charge in [-0.2, -0.15) is 5.10 Å². The molecule has 2 aromatic heterocycles. The molecule has 2 rings (SSSR count). The zero-order valence-electron chi connectivity index (χ0n) is 9.42. The Bertz CT molecular complexity index is 498. The fraction of sp³-hybridized carbons (Fsp3) is 0.364. The molecule has 0 radical (unpaired) electrons. The lowest BCUT2D eigenvalue weighted by atomic mass is 10.3. The maximum atomic E-state index is 11.1. The Morgan fingerprint density at radius 3 is 2.88 bits per heavy atom. The van der Waals surface area contributed by atoms with Crippen LogP contribution in [0, 0.1) is 0 Å². The summed E-state index contributed by atoms with van der Waals surface area (Å²) in [6.45, 7) is 2.28. The summed E-state index contributed by atoms with van der Waals surface area (Å²) < 4.78 is 3.75. The molecule has 0 aliphatic heterocycles. The molecule has 0 aliphatic carbocycles. The highest BCUT2D eigenvalue weighted by atomic mass is 16.1. The molecule has 0 saturated heterocycles. The molecule has 5 heteroatoms. The summed E-state index contributed by atoms with van der Waals surface area (Å²) in [7, 11) is 1.96. The fourth-order valence-electron chi connectivity index (χ4n) is 1.52. The molecule has 5 nitrogen and oxygen atoms in total. The number of nitrogens with zero attached hydrogens (tertiary/aromatic N) is 4. The second kappa shape index (κ2) is 4.30. The largest absolute Gasteiger partial charge is 0.338 e. The van der Waals surface area contributed by atoms with Crippen molar-refractivity contribution in [3.63, 3.8) is 0 Å². The third kappa shape index (κ3) is 2.18. The van der Waals surface area contributed by atoms with Gasteiger partial charge in [0.05, 0.1) is 11.8 Å². The van der Waals surface area contributed by atoms with Crippen LogP contribution in [-0.2, 0) is 20.0 Å². The summed E-state index contributed by atoms with van der Waals surface area (Å²) in [4.78, 5) is 15.3. The van der Waals surface area contributed by atoms with Crippen molar-refractivity contribution in [3.8, 4) is 0 Å². The van der Waals surface area contributed by atoms with Gasteiger partial charge in [-0.1, -0.05) is 0 Å². The van der Waals surface area contributed by atoms with E-state index in [1.807, 2.05) is 17.8 Å². The van der Waals surface area contributed by atoms with Gasteiger partial charge in [0.25, 0.3) is 0 Å². The highest BCUT2D eigenvalue weighted by Gasteiger charge is 2.04. The van der Waals surface area contributed by atoms with E-state index >= 15 is 0 Å². The van der Waals surface area contributed by atoms with Crippen molar-refractivity contribution in [3.05, 3.63) is 36.2 Å². The van der Waals surface area contributed by atoms with E-state index in [9.17, 15) is 4.79 Å². The molecule has 0 fully saturated rings. The first-order chi connectivity index (χ1) is 7.66. The zero-order valence-corrected chi connectivity index (χ0v) is 9.42. The SMILES string of the molecule is CC(=O)c1cnn(CCc2nccn2C)c1. The first-order valence-electron chi connectivity index (χ1n) is 5.16. The molecule has 0 saturated carbocycles. The van der Waals surface area contributed by atoms with Gasteiger partial charge < -0.3 is 4.57 Å². The second-order valence-electron chi connectivity index (χ2n) is 3.75. The average Bonchev–Trinajstić information content (AvgIpc) is 2.83. The van der Waals surface area contributed by atoms with Crippen molar-refractivity contribution in [1.82, 2.24) is 19.3 Å². The van der Waals surface area contributed by atoms with Crippen molar-refractivity contribution < 1.29 is 4.79 Å². The van der Waals surface area contributed by atoms with Crippen LogP contribution in [-0.4, -0.2) is 25.1 Å². The van der Waals surface area contributed by atoms with E-state index in [2.05, 4.69) is 10.1 Å². The predicted molar refractivity (Wildman–Crippen MR) is 59.1 cm³/mol. The van der Waals surface area contributed by atoms with Crippen LogP contribution in [0.25, 0.3) is 0 Å². The van der Waals surface area contributed by atoms with Gasteiger partial charge in [0.2, 0.25) is 0 Å². The van der Waals surface area contributed by atoms with E-state index in [1.165, 1.54) is 0 Å². The molecule has 0 aliphatic rings. The number of Topliss-reactive ketones (excluding diaryl/α,β-unsaturated/α-hetero) is 1. The van der Waals surface area contributed by atoms with Gasteiger partial charge in [-0.3, -0.25) is 9.48 Å². The maximum absolute atomic E-state index is 11.1. The molecule has 0 spiro atoms. The topological polar surface area (TPSA) is 52.7 Å². The van der Waals surface area contributed by atoms with E-state index in [0.717, 1.165) is 18.8 Å². The van der Waals surface area contributed by atoms with Crippen molar-refractivity contribution in [2.45, 2.75) is 19.9 Å². The number of ketones is 1. The molecule has 84 valence electrons. The quantitative estimate of drug-likeness (QED) is 0.721. The molecule has 2 aromatic rings. The summed E-state index contributed by atoms with van der Waals surface area (Å²) in [5.41, 5.74) is 0.653. The molecule has 0 amide bonds. The van der Waals surface area contributed by atoms with Gasteiger partial charge in [0.1, 0.15) is 5.82 Å². The van der Waals surface area contributed by atoms with Crippen LogP contribution < -0.4 is 0 Å². The Labute approximate surface area is 93.7 Å². The fourth-order valence-corrected chi connectivity index (χ4v) is 1.52. The van der Waals surface area contributed by atoms with Crippen LogP contribution in [0.15, 0.2) is 24.8 Å². The number of hydrogen-bond donors (Lipinski definition) is 0. The van der Waals surface area contributed by atoms with E-state index in [0.29, 0.717) is 5.56 Å². The Kier molecular flexibility index (Phi) is 2.85. The predicted octanol–water partition coefficient (Wildman–Crippen LogP) is 1.06. The van der Waals surface area contributed by atoms with Crippen molar-refractivity contribution >= 4 is 5.78 Å². The molecular weight excluding hydrogens is 204 g/mol. The molecule has 16 heavy (non-hydrogen) atoms. The number of rotatable bonds is 4. The lowest BCUT2D eigenvalue weighted by Gasteiger charge is -2.01. The van der Waals surface area contributed by atoms with Gasteiger partial charge in [0.15, 0.2) is 5.78 Å². The number of imidazole rings is 1. The third-order valence-electron chi connectivity index (χ3n) is 2.53. The molecule has 0 atom stereocenters. The van der Waals surface area contributed by atoms with Crippen LogP contribution >= 0.6 is 0 Å². The Hall–Kier alpha value is -1.91. The van der Waals surface area contributed by atoms with Crippen molar-refractivity contribution in [1.29, 1.82) is 0 Å². The van der Waals surface area contributed by atoms with E-state index in [-0.39, 0.29) is 5.78 Å². The number of aromatic nitrogens is 4. The lowest BCUT2D eigenvalue weighted by molar-refractivity contribution is 0.101. The molecule has 0 aromatic carbocycles. The molecule has 0 N–H and O–H groups in total. The van der Waals surface area contributed by atoms with Crippen molar-refractivity contribution in [2.75, 3.05) is 0 Å². The van der Waals surface area contributed by atoms with Crippen LogP contribution in [0.1, 0.15) is 23.1 Å². The van der Waals surface area contributed by atoms with Crippen molar-refractivity contribution in [2.24, 2.45) is 7.05 Å². The molecular formula is C11H14N4O. The highest BCUT2D eigenvalue weighted by Crippen LogP contribution is 2.01. The number of carbonyl (C=O) groups excluding carboxylic acids is 1. The number of hydrogen-bond acceptors (Lipinski definition) is 3. The summed E-state index contributed by atoms with van der Waals surface area (Å²) in [5, 5.41) is 4.13. The summed E-state index contributed by atoms with van der Waals surface area (Å²) in [6, 6.07) is 0. The summed E-state index contributed by atoms with van der Waals surface area (Å²) >= 11 is 0. The monoisotopic (exact) mass is 218 g/mol. The van der Waals surface area contributed by atoms with Gasteiger partial charge in [-0.25, -0.2) is 4.98 Å². The minimum absolute atomic E-state index is 0.0447. The average molecular weight is 218 g/mol. The van der Waals surface area contributed by atoms with Gasteiger partial charge >= 0.3 is 0 Å². The first kappa shape index (κ1) is 10.6. The zero-order chi connectivity index (χ0) is 11.5. The van der Waals surface area contributed by atoms with E-state index in [1.54, 1.807) is 30.2 Å². The van der Waals surface area contributed by atoms with Crippen LogP contribution in [0.4, 0.5) is 0 Å². The smallest absolute Gasteiger partial charge is 0.162 e. The van der Waals surface area contributed by atoms with Crippen LogP contribution in [0.2, 0.25) is 0 Å². The Morgan fingerprint density at radius 1 is 1.50 bits per heavy atom. The minimum Gasteiger partial charge on any atom is -0.338 e. The Morgan fingerprint density at radius 2 is 2.31 bits per heavy atom. The van der Waals surface area contributed by atoms with Gasteiger partial charge in [0, 0.05) is 38.6 Å². The van der Waals surface area contributed by atoms with Crippen LogP contribution in [0.5, 0.6) is 0 Å². The normalized spacial score (nSPS) is 10.6. The first-order valence-corrected chi connectivity index (χ1v) is 5.16. The molecule has 0 bridgehead atoms. The molecule has 0 unspecified atom stereocenters. The third-order valence-corrected chi connectivity index (χ3v) is 2.53. The van der Waals surface area contributed by atoms with E-state index in [4.69, 9.17) is 0 Å². The molecule has 2 heterocycles. The summed E-state index contributed by atoms with van der Waals surface area (Å²) in [6.07, 6.45) is 7.87. The Balaban J connectivity index is 2.00. The minimum atomic E-state index is 0.0447. The maximum Gasteiger partial charge on any atom is 0.162 e. The summed E-state index contributed by atoms with van der Waals surface area (Å²) in [5.74, 6) is 1.06. The second-order valence-corrected chi connectivity index (χ2v) is 3.75. The van der Waals surface area contributed by atoms with Crippen LogP contribution in [0.3, 0.4) is 0 Å². The number of carbonyl (C=O) groups is 1. The van der Waals surface area contributed by atoms with Gasteiger partial charge in [-0.15, -0.1) is 0 Å². The lowest BCUT2D eigenvalue weighted by Crippen LogP contribution is -2.06. The number of aryl methyl sites for hydroxylation is 3. The highest BCUT2D eigenvalue weighted by molar-refractivity contribution is 5.93. The van der Waals surface area contributed by atoms with E-state index < -0.39 is 0 Å².